The highest BCUT2D eigenvalue weighted by Crippen LogP contribution is 2.68. The maximum absolute atomic E-state index is 12.3. The van der Waals surface area contributed by atoms with Crippen molar-refractivity contribution in [3.8, 4) is 0 Å². The molecule has 0 heterocycles. The molecule has 0 N–H and O–H groups in total. The minimum absolute atomic E-state index is 0.00810. The lowest BCUT2D eigenvalue weighted by Gasteiger charge is -2.62. The van der Waals surface area contributed by atoms with Crippen LogP contribution in [0.1, 0.15) is 112 Å². The van der Waals surface area contributed by atoms with E-state index in [-0.39, 0.29) is 29.6 Å². The predicted molar refractivity (Wildman–Crippen MR) is 140 cm³/mol. The first-order valence-electron chi connectivity index (χ1n) is 14.4. The number of hydrogen-bond donors (Lipinski definition) is 0. The average molecular weight is 487 g/mol. The summed E-state index contributed by atoms with van der Waals surface area (Å²) in [7, 11) is 0. The summed E-state index contributed by atoms with van der Waals surface area (Å²) in [4.78, 5) is 23.9. The van der Waals surface area contributed by atoms with Gasteiger partial charge >= 0.3 is 11.9 Å². The molecule has 0 radical (unpaired) electrons. The number of allylic oxidation sites excluding steroid dienone is 1. The van der Waals surface area contributed by atoms with E-state index in [0.29, 0.717) is 29.1 Å². The Morgan fingerprint density at radius 2 is 1.57 bits per heavy atom. The highest BCUT2D eigenvalue weighted by atomic mass is 16.5. The van der Waals surface area contributed by atoms with E-state index in [1.54, 1.807) is 6.92 Å². The van der Waals surface area contributed by atoms with Gasteiger partial charge in [0.05, 0.1) is 0 Å². The molecule has 0 saturated heterocycles. The third kappa shape index (κ3) is 5.10. The number of esters is 2. The monoisotopic (exact) mass is 486 g/mol. The molecule has 0 unspecified atom stereocenters. The summed E-state index contributed by atoms with van der Waals surface area (Å²) in [6, 6.07) is 0. The molecule has 0 aromatic carbocycles. The van der Waals surface area contributed by atoms with E-state index in [0.717, 1.165) is 43.9 Å². The van der Waals surface area contributed by atoms with E-state index in [9.17, 15) is 9.59 Å². The smallest absolute Gasteiger partial charge is 0.302 e. The molecule has 4 aliphatic rings. The van der Waals surface area contributed by atoms with Crippen molar-refractivity contribution in [3.63, 3.8) is 0 Å². The molecule has 10 atom stereocenters. The first-order valence-corrected chi connectivity index (χ1v) is 14.4. The van der Waals surface area contributed by atoms with Crippen LogP contribution in [-0.2, 0) is 19.1 Å². The van der Waals surface area contributed by atoms with E-state index in [4.69, 9.17) is 9.47 Å². The van der Waals surface area contributed by atoms with Gasteiger partial charge in [0.15, 0.2) is 0 Å². The molecule has 198 valence electrons. The van der Waals surface area contributed by atoms with Gasteiger partial charge in [0.25, 0.3) is 0 Å². The molecule has 0 amide bonds. The minimum Gasteiger partial charge on any atom is -0.463 e. The van der Waals surface area contributed by atoms with Crippen LogP contribution in [0.5, 0.6) is 0 Å². The normalized spacial score (nSPS) is 43.3. The molecule has 4 fully saturated rings. The first-order chi connectivity index (χ1) is 16.5. The maximum Gasteiger partial charge on any atom is 0.302 e. The van der Waals surface area contributed by atoms with Crippen molar-refractivity contribution in [3.05, 3.63) is 12.2 Å². The molecule has 0 aliphatic heterocycles. The average Bonchev–Trinajstić information content (AvgIpc) is 3.10. The van der Waals surface area contributed by atoms with Crippen LogP contribution in [-0.4, -0.2) is 24.1 Å². The Morgan fingerprint density at radius 1 is 0.914 bits per heavy atom. The third-order valence-electron chi connectivity index (χ3n) is 11.3. The molecule has 0 aromatic heterocycles. The zero-order valence-electron chi connectivity index (χ0n) is 23.2. The zero-order valence-corrected chi connectivity index (χ0v) is 23.2. The molecule has 4 saturated carbocycles. The van der Waals surface area contributed by atoms with Crippen molar-refractivity contribution >= 4 is 11.9 Å². The maximum atomic E-state index is 12.3. The Hall–Kier alpha value is -1.32. The summed E-state index contributed by atoms with van der Waals surface area (Å²) in [6.07, 6.45) is 12.8. The predicted octanol–water partition coefficient (Wildman–Crippen LogP) is 7.50. The summed E-state index contributed by atoms with van der Waals surface area (Å²) in [5, 5.41) is 0. The fourth-order valence-electron chi connectivity index (χ4n) is 9.74. The molecule has 4 rings (SSSR count). The molecule has 4 aliphatic carbocycles. The number of ether oxygens (including phenoxy) is 2. The Kier molecular flexibility index (Phi) is 7.80. The van der Waals surface area contributed by atoms with Crippen LogP contribution in [0.15, 0.2) is 12.2 Å². The molecular formula is C31H50O4. The molecule has 0 bridgehead atoms. The van der Waals surface area contributed by atoms with Crippen LogP contribution >= 0.6 is 0 Å². The fourth-order valence-corrected chi connectivity index (χ4v) is 9.74. The zero-order chi connectivity index (χ0) is 25.5. The molecule has 4 nitrogen and oxygen atoms in total. The Balaban J connectivity index is 1.56. The van der Waals surface area contributed by atoms with E-state index >= 15 is 0 Å². The van der Waals surface area contributed by atoms with Gasteiger partial charge in [0, 0.05) is 19.8 Å². The summed E-state index contributed by atoms with van der Waals surface area (Å²) in [5.74, 6) is 3.35. The molecule has 0 spiro atoms. The van der Waals surface area contributed by atoms with Gasteiger partial charge in [-0.25, -0.2) is 0 Å². The molecule has 4 heteroatoms. The molecule has 35 heavy (non-hydrogen) atoms. The number of fused-ring (bicyclic) bond motifs is 5. The van der Waals surface area contributed by atoms with Crippen LogP contribution in [0.3, 0.4) is 0 Å². The van der Waals surface area contributed by atoms with Crippen molar-refractivity contribution < 1.29 is 19.1 Å². The number of carbonyl (C=O) groups excluding carboxylic acids is 2. The Morgan fingerprint density at radius 3 is 2.23 bits per heavy atom. The quantitative estimate of drug-likeness (QED) is 0.276. The van der Waals surface area contributed by atoms with Crippen molar-refractivity contribution in [1.29, 1.82) is 0 Å². The Labute approximate surface area is 214 Å². The van der Waals surface area contributed by atoms with Gasteiger partial charge in [-0.3, -0.25) is 9.59 Å². The van der Waals surface area contributed by atoms with Gasteiger partial charge < -0.3 is 9.47 Å². The van der Waals surface area contributed by atoms with Gasteiger partial charge in [-0.2, -0.15) is 0 Å². The van der Waals surface area contributed by atoms with E-state index in [2.05, 4.69) is 34.3 Å². The van der Waals surface area contributed by atoms with Gasteiger partial charge in [-0.1, -0.05) is 32.8 Å². The van der Waals surface area contributed by atoms with Crippen LogP contribution < -0.4 is 0 Å². The van der Waals surface area contributed by atoms with Crippen LogP contribution in [0.2, 0.25) is 0 Å². The highest BCUT2D eigenvalue weighted by Gasteiger charge is 2.63. The second-order valence-corrected chi connectivity index (χ2v) is 13.4. The number of carbonyl (C=O) groups is 2. The van der Waals surface area contributed by atoms with Crippen molar-refractivity contribution in [2.24, 2.45) is 46.3 Å². The van der Waals surface area contributed by atoms with Crippen molar-refractivity contribution in [1.82, 2.24) is 0 Å². The second kappa shape index (κ2) is 10.2. The van der Waals surface area contributed by atoms with Crippen LogP contribution in [0, 0.1) is 46.3 Å². The number of rotatable bonds is 7. The highest BCUT2D eigenvalue weighted by molar-refractivity contribution is 5.66. The minimum atomic E-state index is -0.174. The topological polar surface area (TPSA) is 52.6 Å². The summed E-state index contributed by atoms with van der Waals surface area (Å²) in [5.41, 5.74) is 1.90. The third-order valence-corrected chi connectivity index (χ3v) is 11.3. The van der Waals surface area contributed by atoms with Crippen LogP contribution in [0.25, 0.3) is 0 Å². The fraction of sp³-hybridized carbons (Fsp3) is 0.871. The summed E-state index contributed by atoms with van der Waals surface area (Å²) < 4.78 is 11.8. The van der Waals surface area contributed by atoms with E-state index in [1.807, 2.05) is 0 Å². The van der Waals surface area contributed by atoms with Crippen molar-refractivity contribution in [2.45, 2.75) is 124 Å². The summed E-state index contributed by atoms with van der Waals surface area (Å²) in [6.45, 7) is 16.9. The van der Waals surface area contributed by atoms with Gasteiger partial charge in [-0.05, 0) is 112 Å². The second-order valence-electron chi connectivity index (χ2n) is 13.4. The number of hydrogen-bond acceptors (Lipinski definition) is 4. The lowest BCUT2D eigenvalue weighted by molar-refractivity contribution is -0.197. The van der Waals surface area contributed by atoms with E-state index in [1.165, 1.54) is 51.0 Å². The SMILES string of the molecule is C=C(C)CCC[C@@H](C)[C@H]1CC[C@H]2[C@@H]3[C@H](OC(C)=O)C[C@@H]4C[C@H](OC(C)=O)CC[C@]4(C)[C@H]3CC[C@]12C. The van der Waals surface area contributed by atoms with Gasteiger partial charge in [-0.15, -0.1) is 6.58 Å². The molecule has 0 aromatic rings. The van der Waals surface area contributed by atoms with Gasteiger partial charge in [0.2, 0.25) is 0 Å². The standard InChI is InChI=1S/C31H50O4/c1-19(2)9-8-10-20(3)25-11-12-26-29-27(14-16-31(25,26)7)30(6)15-13-24(34-21(4)32)17-23(30)18-28(29)35-22(5)33/h20,23-29H,1,8-18H2,2-7H3/t20-,23+,24-,25-,26+,27+,28-,29+,30+,31-/m1/s1. The Bertz CT molecular complexity index is 819. The van der Waals surface area contributed by atoms with E-state index < -0.39 is 0 Å². The lowest BCUT2D eigenvalue weighted by atomic mass is 9.43. The van der Waals surface area contributed by atoms with Crippen LogP contribution in [0.4, 0.5) is 0 Å². The van der Waals surface area contributed by atoms with Crippen molar-refractivity contribution in [2.75, 3.05) is 0 Å². The largest absolute Gasteiger partial charge is 0.463 e. The molecular weight excluding hydrogens is 436 g/mol. The van der Waals surface area contributed by atoms with Gasteiger partial charge in [0.1, 0.15) is 12.2 Å². The first kappa shape index (κ1) is 26.7. The lowest BCUT2D eigenvalue weighted by Crippen LogP contribution is -2.59. The summed E-state index contributed by atoms with van der Waals surface area (Å²) >= 11 is 0.